The van der Waals surface area contributed by atoms with Gasteiger partial charge in [-0.05, 0) is 26.7 Å². The molecule has 0 spiro atoms. The molecule has 0 saturated heterocycles. The van der Waals surface area contributed by atoms with E-state index in [4.69, 9.17) is 9.47 Å². The third-order valence-corrected chi connectivity index (χ3v) is 2.63. The Morgan fingerprint density at radius 3 is 2.58 bits per heavy atom. The van der Waals surface area contributed by atoms with Gasteiger partial charge in [0.15, 0.2) is 6.29 Å². The van der Waals surface area contributed by atoms with E-state index in [1.807, 2.05) is 13.8 Å². The minimum atomic E-state index is -0.0718. The van der Waals surface area contributed by atoms with Crippen molar-refractivity contribution in [2.45, 2.75) is 43.3 Å². The molecule has 1 fully saturated rings. The van der Waals surface area contributed by atoms with E-state index in [1.54, 1.807) is 0 Å². The maximum Gasteiger partial charge on any atom is 0.155 e. The summed E-state index contributed by atoms with van der Waals surface area (Å²) in [5.74, 6) is 0. The lowest BCUT2D eigenvalue weighted by Crippen LogP contribution is -2.36. The number of ether oxygens (including phenoxy) is 2. The summed E-state index contributed by atoms with van der Waals surface area (Å²) < 4.78 is 11.3. The normalized spacial score (nSPS) is 25.0. The molecule has 1 atom stereocenters. The molecule has 1 unspecified atom stereocenters. The van der Waals surface area contributed by atoms with Crippen LogP contribution < -0.4 is 0 Å². The van der Waals surface area contributed by atoms with Gasteiger partial charge in [0.2, 0.25) is 0 Å². The molecule has 1 radical (unpaired) electrons. The lowest BCUT2D eigenvalue weighted by Gasteiger charge is -2.40. The van der Waals surface area contributed by atoms with Gasteiger partial charge in [0, 0.05) is 10.0 Å². The van der Waals surface area contributed by atoms with E-state index in [2.05, 4.69) is 29.5 Å². The zero-order chi connectivity index (χ0) is 9.19. The Hall–Kier alpha value is 0.650. The van der Waals surface area contributed by atoms with Gasteiger partial charge in [-0.2, -0.15) is 0 Å². The van der Waals surface area contributed by atoms with Gasteiger partial charge in [0.05, 0.1) is 0 Å². The molecular weight excluding hydrogens is 267 g/mol. The summed E-state index contributed by atoms with van der Waals surface area (Å²) in [6.45, 7) is 6.88. The molecule has 0 N–H and O–H groups in total. The van der Waals surface area contributed by atoms with Crippen molar-refractivity contribution in [3.05, 3.63) is 6.10 Å². The molecule has 0 aromatic heterocycles. The van der Waals surface area contributed by atoms with E-state index in [-0.39, 0.29) is 6.29 Å². The minimum absolute atomic E-state index is 0.0718. The molecule has 0 bridgehead atoms. The fourth-order valence-electron chi connectivity index (χ4n) is 1.36. The molecule has 71 valence electrons. The van der Waals surface area contributed by atoms with Crippen molar-refractivity contribution in [3.8, 4) is 0 Å². The zero-order valence-corrected chi connectivity index (χ0v) is 10.1. The molecule has 1 aliphatic carbocycles. The van der Waals surface area contributed by atoms with Crippen LogP contribution >= 0.6 is 22.6 Å². The van der Waals surface area contributed by atoms with Crippen molar-refractivity contribution in [1.82, 2.24) is 0 Å². The lowest BCUT2D eigenvalue weighted by atomic mass is 9.84. The summed E-state index contributed by atoms with van der Waals surface area (Å²) >= 11 is 2.47. The Balaban J connectivity index is 2.10. The van der Waals surface area contributed by atoms with Gasteiger partial charge < -0.3 is 9.47 Å². The Kier molecular flexibility index (Phi) is 3.79. The van der Waals surface area contributed by atoms with E-state index in [0.29, 0.717) is 3.42 Å². The van der Waals surface area contributed by atoms with Crippen LogP contribution in [0.2, 0.25) is 0 Å². The van der Waals surface area contributed by atoms with Gasteiger partial charge in [-0.3, -0.25) is 0 Å². The third kappa shape index (κ3) is 3.18. The van der Waals surface area contributed by atoms with Gasteiger partial charge in [-0.1, -0.05) is 29.5 Å². The largest absolute Gasteiger partial charge is 0.353 e. The van der Waals surface area contributed by atoms with Crippen molar-refractivity contribution in [2.75, 3.05) is 6.61 Å². The van der Waals surface area contributed by atoms with Crippen LogP contribution in [0.5, 0.6) is 0 Å². The summed E-state index contributed by atoms with van der Waals surface area (Å²) in [4.78, 5) is 0. The average Bonchev–Trinajstić information content (AvgIpc) is 1.83. The van der Waals surface area contributed by atoms with Crippen molar-refractivity contribution < 1.29 is 9.47 Å². The Morgan fingerprint density at radius 1 is 1.58 bits per heavy atom. The van der Waals surface area contributed by atoms with Crippen molar-refractivity contribution >= 4 is 22.6 Å². The molecule has 1 aliphatic rings. The fourth-order valence-corrected chi connectivity index (χ4v) is 2.21. The molecular formula is C9H16IO2. The van der Waals surface area contributed by atoms with Gasteiger partial charge in [-0.25, -0.2) is 0 Å². The molecule has 1 rings (SSSR count). The van der Waals surface area contributed by atoms with Crippen LogP contribution in [0, 0.1) is 6.10 Å². The Bertz CT molecular complexity index is 139. The van der Waals surface area contributed by atoms with E-state index in [0.717, 1.165) is 19.4 Å². The van der Waals surface area contributed by atoms with Crippen LogP contribution in [-0.2, 0) is 9.47 Å². The number of hydrogen-bond acceptors (Lipinski definition) is 2. The van der Waals surface area contributed by atoms with Crippen LogP contribution in [0.3, 0.4) is 0 Å². The topological polar surface area (TPSA) is 18.5 Å². The standard InChI is InChI=1S/C9H16IO2/c1-4-11-7(2)12-8-5-9(3,10)6-8/h7H,4-6H2,1-3H3. The molecule has 12 heavy (non-hydrogen) atoms. The first-order valence-electron chi connectivity index (χ1n) is 4.35. The highest BCUT2D eigenvalue weighted by molar-refractivity contribution is 14.1. The molecule has 0 amide bonds. The summed E-state index contributed by atoms with van der Waals surface area (Å²) in [6.07, 6.45) is 3.26. The summed E-state index contributed by atoms with van der Waals surface area (Å²) in [5.41, 5.74) is 0. The second-order valence-corrected chi connectivity index (χ2v) is 6.05. The second-order valence-electron chi connectivity index (χ2n) is 3.45. The number of rotatable bonds is 4. The number of halogens is 1. The lowest BCUT2D eigenvalue weighted by molar-refractivity contribution is -0.136. The van der Waals surface area contributed by atoms with E-state index < -0.39 is 0 Å². The van der Waals surface area contributed by atoms with Gasteiger partial charge in [0.25, 0.3) is 0 Å². The zero-order valence-electron chi connectivity index (χ0n) is 7.89. The number of hydrogen-bond donors (Lipinski definition) is 0. The van der Waals surface area contributed by atoms with Crippen LogP contribution in [0.4, 0.5) is 0 Å². The number of alkyl halides is 1. The monoisotopic (exact) mass is 283 g/mol. The Morgan fingerprint density at radius 2 is 2.17 bits per heavy atom. The van der Waals surface area contributed by atoms with Crippen molar-refractivity contribution in [1.29, 1.82) is 0 Å². The molecule has 0 aromatic carbocycles. The first kappa shape index (κ1) is 10.7. The molecule has 0 aromatic rings. The first-order valence-corrected chi connectivity index (χ1v) is 5.43. The van der Waals surface area contributed by atoms with Gasteiger partial charge in [-0.15, -0.1) is 0 Å². The molecule has 0 aliphatic heterocycles. The van der Waals surface area contributed by atoms with E-state index in [9.17, 15) is 0 Å². The minimum Gasteiger partial charge on any atom is -0.353 e. The van der Waals surface area contributed by atoms with Gasteiger partial charge in [0.1, 0.15) is 6.10 Å². The predicted octanol–water partition coefficient (Wildman–Crippen LogP) is 2.90. The third-order valence-electron chi connectivity index (χ3n) is 1.87. The summed E-state index contributed by atoms with van der Waals surface area (Å²) in [6, 6.07) is 0. The second kappa shape index (κ2) is 4.24. The van der Waals surface area contributed by atoms with E-state index in [1.165, 1.54) is 6.10 Å². The van der Waals surface area contributed by atoms with Crippen LogP contribution in [0.15, 0.2) is 0 Å². The highest BCUT2D eigenvalue weighted by Crippen LogP contribution is 2.47. The maximum atomic E-state index is 5.55. The smallest absolute Gasteiger partial charge is 0.155 e. The van der Waals surface area contributed by atoms with Crippen LogP contribution in [-0.4, -0.2) is 16.3 Å². The molecule has 1 saturated carbocycles. The summed E-state index contributed by atoms with van der Waals surface area (Å²) in [7, 11) is 0. The molecule has 0 heterocycles. The average molecular weight is 283 g/mol. The first-order chi connectivity index (χ1) is 5.53. The highest BCUT2D eigenvalue weighted by atomic mass is 127. The predicted molar refractivity (Wildman–Crippen MR) is 57.1 cm³/mol. The SMILES string of the molecule is CCOC(C)O[C]1CC(C)(I)C1. The van der Waals surface area contributed by atoms with E-state index >= 15 is 0 Å². The Labute approximate surface area is 88.1 Å². The van der Waals surface area contributed by atoms with Crippen LogP contribution in [0.25, 0.3) is 0 Å². The summed E-state index contributed by atoms with van der Waals surface area (Å²) in [5, 5.41) is 0. The van der Waals surface area contributed by atoms with Gasteiger partial charge >= 0.3 is 0 Å². The maximum absolute atomic E-state index is 5.55. The van der Waals surface area contributed by atoms with Crippen molar-refractivity contribution in [2.24, 2.45) is 0 Å². The highest BCUT2D eigenvalue weighted by Gasteiger charge is 2.40. The molecule has 2 nitrogen and oxygen atoms in total. The van der Waals surface area contributed by atoms with Crippen molar-refractivity contribution in [3.63, 3.8) is 0 Å². The molecule has 3 heteroatoms. The fraction of sp³-hybridized carbons (Fsp3) is 0.889. The quantitative estimate of drug-likeness (QED) is 0.449. The van der Waals surface area contributed by atoms with Crippen LogP contribution in [0.1, 0.15) is 33.6 Å².